The molecule has 0 unspecified atom stereocenters. The van der Waals surface area contributed by atoms with E-state index >= 15 is 0 Å². The molecular weight excluding hydrogens is 320 g/mol. The molecule has 0 aliphatic rings. The smallest absolute Gasteiger partial charge is 0.236 e. The van der Waals surface area contributed by atoms with Crippen LogP contribution in [0, 0.1) is 0 Å². The van der Waals surface area contributed by atoms with Gasteiger partial charge in [0.05, 0.1) is 11.4 Å². The third kappa shape index (κ3) is 4.02. The Labute approximate surface area is 145 Å². The van der Waals surface area contributed by atoms with Gasteiger partial charge in [-0.25, -0.2) is 9.98 Å². The number of anilines is 1. The molecule has 24 heavy (non-hydrogen) atoms. The molecule has 0 aliphatic carbocycles. The molecule has 0 saturated heterocycles. The second kappa shape index (κ2) is 7.31. The predicted molar refractivity (Wildman–Crippen MR) is 99.3 cm³/mol. The van der Waals surface area contributed by atoms with Gasteiger partial charge in [-0.2, -0.15) is 0 Å². The summed E-state index contributed by atoms with van der Waals surface area (Å²) in [6, 6.07) is 12.1. The molecule has 0 fully saturated rings. The summed E-state index contributed by atoms with van der Waals surface area (Å²) in [5, 5.41) is 5.10. The lowest BCUT2D eigenvalue weighted by molar-refractivity contribution is 0.574. The zero-order chi connectivity index (χ0) is 16.9. The summed E-state index contributed by atoms with van der Waals surface area (Å²) < 4.78 is 5.47. The number of aromatic nitrogens is 1. The molecule has 0 radical (unpaired) electrons. The Kier molecular flexibility index (Phi) is 4.96. The van der Waals surface area contributed by atoms with E-state index in [2.05, 4.69) is 41.3 Å². The SMILES string of the molecule is CC(C)c1cccc(NC(N)=NCc2coc(-c3cccs3)n2)c1. The Morgan fingerprint density at radius 3 is 2.96 bits per heavy atom. The van der Waals surface area contributed by atoms with Crippen molar-refractivity contribution in [1.29, 1.82) is 0 Å². The standard InChI is InChI=1S/C18H20N4OS/c1-12(2)13-5-3-6-14(9-13)22-18(19)20-10-15-11-23-17(21-15)16-7-4-8-24-16/h3-9,11-12H,10H2,1-2H3,(H3,19,20,22). The molecule has 1 aromatic carbocycles. The van der Waals surface area contributed by atoms with Crippen LogP contribution >= 0.6 is 11.3 Å². The molecule has 3 N–H and O–H groups in total. The van der Waals surface area contributed by atoms with Crippen LogP contribution in [-0.2, 0) is 6.54 Å². The molecule has 0 amide bonds. The highest BCUT2D eigenvalue weighted by molar-refractivity contribution is 7.13. The monoisotopic (exact) mass is 340 g/mol. The largest absolute Gasteiger partial charge is 0.443 e. The Balaban J connectivity index is 1.63. The molecule has 0 spiro atoms. The number of hydrogen-bond donors (Lipinski definition) is 2. The van der Waals surface area contributed by atoms with Crippen molar-refractivity contribution in [3.05, 3.63) is 59.3 Å². The minimum Gasteiger partial charge on any atom is -0.443 e. The summed E-state index contributed by atoms with van der Waals surface area (Å²) in [6.45, 7) is 4.69. The molecule has 3 rings (SSSR count). The average Bonchev–Trinajstić information content (AvgIpc) is 3.24. The molecule has 5 nitrogen and oxygen atoms in total. The third-order valence-electron chi connectivity index (χ3n) is 3.52. The first kappa shape index (κ1) is 16.3. The highest BCUT2D eigenvalue weighted by Crippen LogP contribution is 2.23. The maximum Gasteiger partial charge on any atom is 0.236 e. The van der Waals surface area contributed by atoms with Crippen molar-refractivity contribution in [2.24, 2.45) is 10.7 Å². The number of thiophene rings is 1. The van der Waals surface area contributed by atoms with E-state index in [1.54, 1.807) is 17.6 Å². The van der Waals surface area contributed by atoms with Gasteiger partial charge >= 0.3 is 0 Å². The van der Waals surface area contributed by atoms with Gasteiger partial charge in [0.1, 0.15) is 12.0 Å². The van der Waals surface area contributed by atoms with E-state index in [9.17, 15) is 0 Å². The molecule has 124 valence electrons. The van der Waals surface area contributed by atoms with E-state index in [0.29, 0.717) is 24.3 Å². The van der Waals surface area contributed by atoms with Gasteiger partial charge in [-0.05, 0) is 35.1 Å². The highest BCUT2D eigenvalue weighted by Gasteiger charge is 2.07. The van der Waals surface area contributed by atoms with E-state index in [0.717, 1.165) is 16.3 Å². The van der Waals surface area contributed by atoms with Crippen LogP contribution < -0.4 is 11.1 Å². The molecule has 0 aliphatic heterocycles. The molecule has 6 heteroatoms. The Morgan fingerprint density at radius 2 is 2.21 bits per heavy atom. The van der Waals surface area contributed by atoms with Gasteiger partial charge in [-0.1, -0.05) is 32.0 Å². The number of oxazole rings is 1. The minimum atomic E-state index is 0.358. The van der Waals surface area contributed by atoms with Crippen LogP contribution in [0.5, 0.6) is 0 Å². The van der Waals surface area contributed by atoms with Crippen LogP contribution in [0.2, 0.25) is 0 Å². The van der Waals surface area contributed by atoms with Crippen LogP contribution in [0.4, 0.5) is 5.69 Å². The zero-order valence-electron chi connectivity index (χ0n) is 13.7. The van der Waals surface area contributed by atoms with Crippen molar-refractivity contribution < 1.29 is 4.42 Å². The summed E-state index contributed by atoms with van der Waals surface area (Å²) in [7, 11) is 0. The van der Waals surface area contributed by atoms with Crippen molar-refractivity contribution in [3.63, 3.8) is 0 Å². The van der Waals surface area contributed by atoms with Crippen LogP contribution in [-0.4, -0.2) is 10.9 Å². The number of rotatable bonds is 5. The number of aliphatic imine (C=N–C) groups is 1. The number of nitrogens with one attached hydrogen (secondary N) is 1. The molecule has 2 heterocycles. The number of nitrogens with zero attached hydrogens (tertiary/aromatic N) is 2. The van der Waals surface area contributed by atoms with Crippen molar-refractivity contribution in [3.8, 4) is 10.8 Å². The van der Waals surface area contributed by atoms with E-state index in [1.807, 2.05) is 29.6 Å². The molecule has 3 aromatic rings. The third-order valence-corrected chi connectivity index (χ3v) is 4.38. The fourth-order valence-corrected chi connectivity index (χ4v) is 2.88. The van der Waals surface area contributed by atoms with Gasteiger partial charge < -0.3 is 15.5 Å². The fraction of sp³-hybridized carbons (Fsp3) is 0.222. The molecule has 0 atom stereocenters. The summed E-state index contributed by atoms with van der Waals surface area (Å²) in [5.41, 5.74) is 8.90. The first-order chi connectivity index (χ1) is 11.6. The molecule has 2 aromatic heterocycles. The summed E-state index contributed by atoms with van der Waals surface area (Å²) in [4.78, 5) is 9.75. The van der Waals surface area contributed by atoms with Crippen LogP contribution in [0.3, 0.4) is 0 Å². The van der Waals surface area contributed by atoms with E-state index in [4.69, 9.17) is 10.2 Å². The van der Waals surface area contributed by atoms with Gasteiger partial charge in [0, 0.05) is 5.69 Å². The summed E-state index contributed by atoms with van der Waals surface area (Å²) in [5.74, 6) is 1.44. The lowest BCUT2D eigenvalue weighted by Gasteiger charge is -2.09. The summed E-state index contributed by atoms with van der Waals surface area (Å²) >= 11 is 1.59. The lowest BCUT2D eigenvalue weighted by Crippen LogP contribution is -2.22. The maximum atomic E-state index is 5.96. The summed E-state index contributed by atoms with van der Waals surface area (Å²) in [6.07, 6.45) is 1.62. The van der Waals surface area contributed by atoms with E-state index in [1.165, 1.54) is 5.56 Å². The van der Waals surface area contributed by atoms with Crippen LogP contribution in [0.1, 0.15) is 31.0 Å². The number of benzene rings is 1. The second-order valence-corrected chi connectivity index (χ2v) is 6.68. The Hall–Kier alpha value is -2.60. The Morgan fingerprint density at radius 1 is 1.33 bits per heavy atom. The fourth-order valence-electron chi connectivity index (χ4n) is 2.22. The molecular formula is C18H20N4OS. The normalized spacial score (nSPS) is 11.9. The number of nitrogens with two attached hydrogens (primary N) is 1. The molecule has 0 saturated carbocycles. The topological polar surface area (TPSA) is 76.4 Å². The van der Waals surface area contributed by atoms with Crippen LogP contribution in [0.25, 0.3) is 10.8 Å². The van der Waals surface area contributed by atoms with Crippen LogP contribution in [0.15, 0.2) is 57.5 Å². The number of hydrogen-bond acceptors (Lipinski definition) is 4. The lowest BCUT2D eigenvalue weighted by atomic mass is 10.0. The second-order valence-electron chi connectivity index (χ2n) is 5.73. The average molecular weight is 340 g/mol. The highest BCUT2D eigenvalue weighted by atomic mass is 32.1. The quantitative estimate of drug-likeness (QED) is 0.531. The van der Waals surface area contributed by atoms with Crippen molar-refractivity contribution in [1.82, 2.24) is 4.98 Å². The van der Waals surface area contributed by atoms with Gasteiger partial charge in [-0.15, -0.1) is 11.3 Å². The van der Waals surface area contributed by atoms with E-state index in [-0.39, 0.29) is 0 Å². The maximum absolute atomic E-state index is 5.96. The van der Waals surface area contributed by atoms with Gasteiger partial charge in [0.25, 0.3) is 0 Å². The van der Waals surface area contributed by atoms with E-state index < -0.39 is 0 Å². The number of guanidine groups is 1. The van der Waals surface area contributed by atoms with Gasteiger partial charge in [-0.3, -0.25) is 0 Å². The molecule has 0 bridgehead atoms. The minimum absolute atomic E-state index is 0.358. The first-order valence-electron chi connectivity index (χ1n) is 7.77. The van der Waals surface area contributed by atoms with Crippen molar-refractivity contribution >= 4 is 23.0 Å². The van der Waals surface area contributed by atoms with Gasteiger partial charge in [0.2, 0.25) is 5.89 Å². The van der Waals surface area contributed by atoms with Crippen molar-refractivity contribution in [2.45, 2.75) is 26.3 Å². The predicted octanol–water partition coefficient (Wildman–Crippen LogP) is 4.45. The Bertz CT molecular complexity index is 821. The first-order valence-corrected chi connectivity index (χ1v) is 8.65. The zero-order valence-corrected chi connectivity index (χ0v) is 14.5. The van der Waals surface area contributed by atoms with Gasteiger partial charge in [0.15, 0.2) is 5.96 Å². The van der Waals surface area contributed by atoms with Crippen molar-refractivity contribution in [2.75, 3.05) is 5.32 Å².